The van der Waals surface area contributed by atoms with E-state index in [1.165, 1.54) is 0 Å². The van der Waals surface area contributed by atoms with Crippen LogP contribution in [-0.2, 0) is 13.6 Å². The monoisotopic (exact) mass is 477 g/mol. The fourth-order valence-electron chi connectivity index (χ4n) is 4.19. The topological polar surface area (TPSA) is 94.8 Å². The number of anilines is 1. The Hall–Kier alpha value is -5.05. The van der Waals surface area contributed by atoms with Gasteiger partial charge in [-0.05, 0) is 60.2 Å². The lowest BCUT2D eigenvalue weighted by Crippen LogP contribution is -2.28. The van der Waals surface area contributed by atoms with Crippen molar-refractivity contribution in [1.82, 2.24) is 29.2 Å². The molecule has 0 aliphatic heterocycles. The molecule has 0 bridgehead atoms. The Balaban J connectivity index is 1.34. The molecule has 0 aliphatic rings. The van der Waals surface area contributed by atoms with Crippen molar-refractivity contribution >= 4 is 22.8 Å². The molecular weight excluding hydrogens is 454 g/mol. The minimum atomic E-state index is -0.321. The second kappa shape index (κ2) is 8.95. The Kier molecular flexibility index (Phi) is 5.34. The number of aryl methyl sites for hydroxylation is 1. The average molecular weight is 478 g/mol. The van der Waals surface area contributed by atoms with Crippen LogP contribution in [0, 0.1) is 0 Å². The first-order valence-corrected chi connectivity index (χ1v) is 11.4. The van der Waals surface area contributed by atoms with Crippen molar-refractivity contribution in [2.24, 2.45) is 7.05 Å². The molecule has 4 heterocycles. The molecule has 0 fully saturated rings. The summed E-state index contributed by atoms with van der Waals surface area (Å²) in [6, 6.07) is 19.3. The maximum atomic E-state index is 12.6. The van der Waals surface area contributed by atoms with Crippen molar-refractivity contribution < 1.29 is 9.21 Å². The number of furan rings is 1. The Bertz CT molecular complexity index is 1640. The molecule has 2 amide bonds. The molecule has 0 radical (unpaired) electrons. The van der Waals surface area contributed by atoms with Gasteiger partial charge in [0.25, 0.3) is 0 Å². The van der Waals surface area contributed by atoms with E-state index in [-0.39, 0.29) is 6.03 Å². The van der Waals surface area contributed by atoms with Crippen LogP contribution >= 0.6 is 0 Å². The van der Waals surface area contributed by atoms with Gasteiger partial charge in [-0.3, -0.25) is 9.25 Å². The zero-order valence-electron chi connectivity index (χ0n) is 19.5. The van der Waals surface area contributed by atoms with Gasteiger partial charge in [0.1, 0.15) is 12.1 Å². The van der Waals surface area contributed by atoms with Crippen LogP contribution in [0.2, 0.25) is 0 Å². The summed E-state index contributed by atoms with van der Waals surface area (Å²) in [5.41, 5.74) is 6.36. The van der Waals surface area contributed by atoms with Gasteiger partial charge in [0, 0.05) is 42.6 Å². The molecule has 6 aromatic rings. The fourth-order valence-corrected chi connectivity index (χ4v) is 4.19. The number of carbonyl (C=O) groups is 1. The molecule has 2 N–H and O–H groups in total. The summed E-state index contributed by atoms with van der Waals surface area (Å²) in [4.78, 5) is 17.2. The normalized spacial score (nSPS) is 11.1. The molecule has 9 nitrogen and oxygen atoms in total. The van der Waals surface area contributed by atoms with Crippen LogP contribution in [0.4, 0.5) is 10.5 Å². The predicted octanol–water partition coefficient (Wildman–Crippen LogP) is 5.13. The van der Waals surface area contributed by atoms with E-state index in [1.807, 2.05) is 71.3 Å². The van der Waals surface area contributed by atoms with E-state index in [0.717, 1.165) is 33.5 Å². The number of aromatic nitrogens is 5. The molecule has 178 valence electrons. The van der Waals surface area contributed by atoms with E-state index in [9.17, 15) is 4.79 Å². The van der Waals surface area contributed by atoms with Gasteiger partial charge >= 0.3 is 6.03 Å². The maximum absolute atomic E-state index is 12.6. The standard InChI is InChI=1S/C27H23N7O2/c1-32-17-20(15-30-32)19-6-7-26-25(11-19)29-18-34(26)23-13-21(12-22(14-23)33-8-2-3-9-33)31-27(35)28-16-24-5-4-10-36-24/h2-15,17-18H,16H2,1H3,(H2,28,31,35). The smallest absolute Gasteiger partial charge is 0.319 e. The van der Waals surface area contributed by atoms with E-state index in [0.29, 0.717) is 18.0 Å². The number of nitrogens with one attached hydrogen (secondary N) is 2. The van der Waals surface area contributed by atoms with E-state index < -0.39 is 0 Å². The van der Waals surface area contributed by atoms with E-state index >= 15 is 0 Å². The van der Waals surface area contributed by atoms with Crippen molar-refractivity contribution in [3.05, 3.63) is 104 Å². The third-order valence-electron chi connectivity index (χ3n) is 5.93. The third kappa shape index (κ3) is 4.25. The Morgan fingerprint density at radius 2 is 1.86 bits per heavy atom. The zero-order chi connectivity index (χ0) is 24.5. The highest BCUT2D eigenvalue weighted by molar-refractivity contribution is 5.90. The van der Waals surface area contributed by atoms with Gasteiger partial charge in [-0.1, -0.05) is 6.07 Å². The molecular formula is C27H23N7O2. The number of rotatable bonds is 6. The van der Waals surface area contributed by atoms with E-state index in [2.05, 4.69) is 45.0 Å². The van der Waals surface area contributed by atoms with Crippen molar-refractivity contribution in [1.29, 1.82) is 0 Å². The molecule has 4 aromatic heterocycles. The lowest BCUT2D eigenvalue weighted by atomic mass is 10.1. The van der Waals surface area contributed by atoms with Crippen LogP contribution in [0.1, 0.15) is 5.76 Å². The second-order valence-electron chi connectivity index (χ2n) is 8.44. The Morgan fingerprint density at radius 3 is 2.64 bits per heavy atom. The first-order valence-electron chi connectivity index (χ1n) is 11.4. The Morgan fingerprint density at radius 1 is 1.00 bits per heavy atom. The second-order valence-corrected chi connectivity index (χ2v) is 8.44. The SMILES string of the molecule is Cn1cc(-c2ccc3c(c2)ncn3-c2cc(NC(=O)NCc3ccco3)cc(-n3cccc3)c2)cn1. The minimum absolute atomic E-state index is 0.300. The average Bonchev–Trinajstić information content (AvgIpc) is 3.69. The van der Waals surface area contributed by atoms with Crippen molar-refractivity contribution in [2.75, 3.05) is 5.32 Å². The number of urea groups is 1. The summed E-state index contributed by atoms with van der Waals surface area (Å²) in [6.45, 7) is 0.300. The molecule has 0 saturated heterocycles. The van der Waals surface area contributed by atoms with Gasteiger partial charge in [0.05, 0.1) is 35.7 Å². The van der Waals surface area contributed by atoms with E-state index in [4.69, 9.17) is 4.42 Å². The summed E-state index contributed by atoms with van der Waals surface area (Å²) in [5, 5.41) is 10.0. The lowest BCUT2D eigenvalue weighted by Gasteiger charge is -2.13. The number of nitrogens with zero attached hydrogens (tertiary/aromatic N) is 5. The predicted molar refractivity (Wildman–Crippen MR) is 137 cm³/mol. The van der Waals surface area contributed by atoms with E-state index in [1.54, 1.807) is 23.3 Å². The third-order valence-corrected chi connectivity index (χ3v) is 5.93. The number of benzene rings is 2. The highest BCUT2D eigenvalue weighted by Crippen LogP contribution is 2.28. The van der Waals surface area contributed by atoms with Crippen LogP contribution in [0.25, 0.3) is 33.5 Å². The van der Waals surface area contributed by atoms with Crippen molar-refractivity contribution in [2.45, 2.75) is 6.54 Å². The summed E-state index contributed by atoms with van der Waals surface area (Å²) in [6.07, 6.45) is 11.1. The molecule has 9 heteroatoms. The first-order chi connectivity index (χ1) is 17.6. The van der Waals surface area contributed by atoms with Gasteiger partial charge in [0.2, 0.25) is 0 Å². The molecule has 0 spiro atoms. The molecule has 0 atom stereocenters. The Labute approximate surface area is 206 Å². The molecule has 2 aromatic carbocycles. The minimum Gasteiger partial charge on any atom is -0.467 e. The van der Waals surface area contributed by atoms with Crippen LogP contribution in [0.3, 0.4) is 0 Å². The summed E-state index contributed by atoms with van der Waals surface area (Å²) in [5.74, 6) is 0.683. The molecule has 0 saturated carbocycles. The zero-order valence-corrected chi connectivity index (χ0v) is 19.5. The highest BCUT2D eigenvalue weighted by atomic mass is 16.3. The van der Waals surface area contributed by atoms with Crippen molar-refractivity contribution in [3.8, 4) is 22.5 Å². The lowest BCUT2D eigenvalue weighted by molar-refractivity contribution is 0.251. The number of fused-ring (bicyclic) bond motifs is 1. The number of imidazole rings is 1. The largest absolute Gasteiger partial charge is 0.467 e. The van der Waals surface area contributed by atoms with Crippen LogP contribution in [0.5, 0.6) is 0 Å². The van der Waals surface area contributed by atoms with Gasteiger partial charge in [-0.25, -0.2) is 9.78 Å². The molecule has 0 unspecified atom stereocenters. The molecule has 36 heavy (non-hydrogen) atoms. The molecule has 0 aliphatic carbocycles. The van der Waals surface area contributed by atoms with Crippen LogP contribution in [-0.4, -0.2) is 29.9 Å². The summed E-state index contributed by atoms with van der Waals surface area (Å²) < 4.78 is 11.1. The van der Waals surface area contributed by atoms with Crippen molar-refractivity contribution in [3.63, 3.8) is 0 Å². The van der Waals surface area contributed by atoms with Gasteiger partial charge in [-0.15, -0.1) is 0 Å². The van der Waals surface area contributed by atoms with Gasteiger partial charge in [0.15, 0.2) is 0 Å². The molecule has 6 rings (SSSR count). The number of carbonyl (C=O) groups excluding carboxylic acids is 1. The fraction of sp³-hybridized carbons (Fsp3) is 0.0741. The number of hydrogen-bond acceptors (Lipinski definition) is 4. The first kappa shape index (κ1) is 21.5. The van der Waals surface area contributed by atoms with Gasteiger partial charge in [-0.2, -0.15) is 5.10 Å². The summed E-state index contributed by atoms with van der Waals surface area (Å²) >= 11 is 0. The number of hydrogen-bond donors (Lipinski definition) is 2. The maximum Gasteiger partial charge on any atom is 0.319 e. The summed E-state index contributed by atoms with van der Waals surface area (Å²) in [7, 11) is 1.90. The van der Waals surface area contributed by atoms with Gasteiger partial charge < -0.3 is 19.6 Å². The van der Waals surface area contributed by atoms with Crippen LogP contribution in [0.15, 0.2) is 102 Å². The highest BCUT2D eigenvalue weighted by Gasteiger charge is 2.12. The number of amides is 2. The van der Waals surface area contributed by atoms with Crippen LogP contribution < -0.4 is 10.6 Å². The quantitative estimate of drug-likeness (QED) is 0.348.